The lowest BCUT2D eigenvalue weighted by molar-refractivity contribution is -0.142. The van der Waals surface area contributed by atoms with Crippen molar-refractivity contribution in [3.63, 3.8) is 0 Å². The number of aromatic nitrogens is 1. The largest absolute Gasteiger partial charge is 0.367 e. The number of nitrogens with zero attached hydrogens (tertiary/aromatic N) is 1. The van der Waals surface area contributed by atoms with Crippen LogP contribution in [0.3, 0.4) is 0 Å². The van der Waals surface area contributed by atoms with Crippen LogP contribution in [0, 0.1) is 0 Å². The first kappa shape index (κ1) is 14.2. The number of rotatable bonds is 5. The molecule has 1 saturated carbocycles. The predicted octanol–water partition coefficient (Wildman–Crippen LogP) is 3.70. The molecular weight excluding hydrogens is 262 g/mol. The molecule has 1 heterocycles. The van der Waals surface area contributed by atoms with Gasteiger partial charge < -0.3 is 4.74 Å². The van der Waals surface area contributed by atoms with Gasteiger partial charge in [-0.1, -0.05) is 24.3 Å². The Morgan fingerprint density at radius 1 is 1.19 bits per heavy atom. The third kappa shape index (κ3) is 2.84. The molecule has 3 heteroatoms. The summed E-state index contributed by atoms with van der Waals surface area (Å²) in [5.74, 6) is 0.185. The van der Waals surface area contributed by atoms with E-state index in [1.54, 1.807) is 0 Å². The Kier molecular flexibility index (Phi) is 4.02. The van der Waals surface area contributed by atoms with Gasteiger partial charge in [0.2, 0.25) is 0 Å². The molecule has 3 nitrogen and oxygen atoms in total. The summed E-state index contributed by atoms with van der Waals surface area (Å²) in [6.07, 6.45) is 4.24. The number of para-hydroxylation sites is 1. The average Bonchev–Trinajstić information content (AvgIpc) is 2.97. The molecule has 21 heavy (non-hydrogen) atoms. The summed E-state index contributed by atoms with van der Waals surface area (Å²) in [5, 5.41) is 1.11. The van der Waals surface area contributed by atoms with Crippen molar-refractivity contribution < 1.29 is 9.53 Å². The third-order valence-electron chi connectivity index (χ3n) is 4.34. The number of pyridine rings is 1. The first-order valence-electron chi connectivity index (χ1n) is 7.75. The second-order valence-corrected chi connectivity index (χ2v) is 5.73. The second-order valence-electron chi connectivity index (χ2n) is 5.73. The Morgan fingerprint density at radius 3 is 2.71 bits per heavy atom. The van der Waals surface area contributed by atoms with E-state index in [0.29, 0.717) is 13.0 Å². The average molecular weight is 283 g/mol. The summed E-state index contributed by atoms with van der Waals surface area (Å²) >= 11 is 0. The van der Waals surface area contributed by atoms with E-state index in [-0.39, 0.29) is 5.78 Å². The van der Waals surface area contributed by atoms with Gasteiger partial charge in [-0.05, 0) is 44.7 Å². The van der Waals surface area contributed by atoms with Crippen LogP contribution >= 0.6 is 0 Å². The van der Waals surface area contributed by atoms with Crippen molar-refractivity contribution in [1.29, 1.82) is 0 Å². The molecule has 0 bridgehead atoms. The lowest BCUT2D eigenvalue weighted by atomic mass is 9.92. The van der Waals surface area contributed by atoms with Crippen LogP contribution < -0.4 is 0 Å². The summed E-state index contributed by atoms with van der Waals surface area (Å²) in [6.45, 7) is 2.55. The Hall–Kier alpha value is -1.74. The normalized spacial score (nSPS) is 17.2. The molecule has 110 valence electrons. The number of ketones is 1. The van der Waals surface area contributed by atoms with Crippen LogP contribution in [-0.4, -0.2) is 23.0 Å². The quantitative estimate of drug-likeness (QED) is 0.840. The SMILES string of the molecule is CCOC1(C(=O)Cc2ccc3ccccc3n2)CCCC1. The van der Waals surface area contributed by atoms with Gasteiger partial charge in [0.1, 0.15) is 5.60 Å². The minimum Gasteiger partial charge on any atom is -0.367 e. The van der Waals surface area contributed by atoms with Gasteiger partial charge in [0.25, 0.3) is 0 Å². The lowest BCUT2D eigenvalue weighted by Gasteiger charge is -2.27. The molecule has 1 aromatic heterocycles. The van der Waals surface area contributed by atoms with Crippen molar-refractivity contribution >= 4 is 16.7 Å². The molecule has 3 rings (SSSR count). The van der Waals surface area contributed by atoms with Crippen LogP contribution in [0.1, 0.15) is 38.3 Å². The summed E-state index contributed by atoms with van der Waals surface area (Å²) in [6, 6.07) is 12.0. The number of benzene rings is 1. The summed E-state index contributed by atoms with van der Waals surface area (Å²) in [5.41, 5.74) is 1.23. The molecule has 0 amide bonds. The smallest absolute Gasteiger partial charge is 0.170 e. The minimum absolute atomic E-state index is 0.185. The molecule has 1 aromatic carbocycles. The summed E-state index contributed by atoms with van der Waals surface area (Å²) in [4.78, 5) is 17.3. The number of Topliss-reactive ketones (excluding diaryl/α,β-unsaturated/α-hetero) is 1. The van der Waals surface area contributed by atoms with Crippen molar-refractivity contribution in [2.75, 3.05) is 6.61 Å². The molecule has 1 aliphatic rings. The number of hydrogen-bond acceptors (Lipinski definition) is 3. The molecule has 0 N–H and O–H groups in total. The number of ether oxygens (including phenoxy) is 1. The zero-order valence-corrected chi connectivity index (χ0v) is 12.5. The van der Waals surface area contributed by atoms with Crippen molar-refractivity contribution in [1.82, 2.24) is 4.98 Å². The fraction of sp³-hybridized carbons (Fsp3) is 0.444. The zero-order chi connectivity index (χ0) is 14.7. The van der Waals surface area contributed by atoms with Crippen LogP contribution in [-0.2, 0) is 16.0 Å². The molecular formula is C18H21NO2. The highest BCUT2D eigenvalue weighted by molar-refractivity contribution is 5.90. The minimum atomic E-state index is -0.553. The van der Waals surface area contributed by atoms with E-state index in [2.05, 4.69) is 4.98 Å². The number of fused-ring (bicyclic) bond motifs is 1. The Balaban J connectivity index is 1.82. The number of carbonyl (C=O) groups is 1. The summed E-state index contributed by atoms with van der Waals surface area (Å²) in [7, 11) is 0. The number of carbonyl (C=O) groups excluding carboxylic acids is 1. The van der Waals surface area contributed by atoms with Crippen LogP contribution in [0.25, 0.3) is 10.9 Å². The standard InChI is InChI=1S/C18H21NO2/c1-2-21-18(11-5-6-12-18)17(20)13-15-10-9-14-7-3-4-8-16(14)19-15/h3-4,7-10H,2,5-6,11-13H2,1H3. The third-order valence-corrected chi connectivity index (χ3v) is 4.34. The van der Waals surface area contributed by atoms with E-state index < -0.39 is 5.60 Å². The van der Waals surface area contributed by atoms with Gasteiger partial charge in [-0.15, -0.1) is 0 Å². The number of hydrogen-bond donors (Lipinski definition) is 0. The van der Waals surface area contributed by atoms with Crippen molar-refractivity contribution in [3.8, 4) is 0 Å². The van der Waals surface area contributed by atoms with Gasteiger partial charge in [0.05, 0.1) is 11.9 Å². The van der Waals surface area contributed by atoms with E-state index in [1.807, 2.05) is 43.3 Å². The van der Waals surface area contributed by atoms with Gasteiger partial charge in [-0.3, -0.25) is 9.78 Å². The molecule has 1 aliphatic carbocycles. The first-order valence-corrected chi connectivity index (χ1v) is 7.75. The monoisotopic (exact) mass is 283 g/mol. The van der Waals surface area contributed by atoms with Gasteiger partial charge in [-0.25, -0.2) is 0 Å². The molecule has 0 spiro atoms. The Morgan fingerprint density at radius 2 is 1.95 bits per heavy atom. The molecule has 0 unspecified atom stereocenters. The van der Waals surface area contributed by atoms with Crippen LogP contribution in [0.15, 0.2) is 36.4 Å². The van der Waals surface area contributed by atoms with Crippen LogP contribution in [0.4, 0.5) is 0 Å². The Labute approximate surface area is 125 Å². The van der Waals surface area contributed by atoms with Gasteiger partial charge >= 0.3 is 0 Å². The van der Waals surface area contributed by atoms with Crippen LogP contribution in [0.5, 0.6) is 0 Å². The fourth-order valence-electron chi connectivity index (χ4n) is 3.26. The highest BCUT2D eigenvalue weighted by Crippen LogP contribution is 2.35. The fourth-order valence-corrected chi connectivity index (χ4v) is 3.26. The van der Waals surface area contributed by atoms with Gasteiger partial charge in [-0.2, -0.15) is 0 Å². The van der Waals surface area contributed by atoms with Gasteiger partial charge in [0, 0.05) is 17.7 Å². The Bertz CT molecular complexity index is 644. The maximum atomic E-state index is 12.7. The lowest BCUT2D eigenvalue weighted by Crippen LogP contribution is -2.40. The molecule has 0 radical (unpaired) electrons. The summed E-state index contributed by atoms with van der Waals surface area (Å²) < 4.78 is 5.83. The predicted molar refractivity (Wildman–Crippen MR) is 83.3 cm³/mol. The van der Waals surface area contributed by atoms with E-state index in [0.717, 1.165) is 42.3 Å². The molecule has 2 aromatic rings. The highest BCUT2D eigenvalue weighted by atomic mass is 16.5. The molecule has 0 saturated heterocycles. The van der Waals surface area contributed by atoms with Crippen molar-refractivity contribution in [3.05, 3.63) is 42.1 Å². The topological polar surface area (TPSA) is 39.2 Å². The van der Waals surface area contributed by atoms with Gasteiger partial charge in [0.15, 0.2) is 5.78 Å². The van der Waals surface area contributed by atoms with Crippen molar-refractivity contribution in [2.45, 2.75) is 44.6 Å². The maximum Gasteiger partial charge on any atom is 0.170 e. The molecule has 0 aliphatic heterocycles. The van der Waals surface area contributed by atoms with Crippen LogP contribution in [0.2, 0.25) is 0 Å². The maximum absolute atomic E-state index is 12.7. The van der Waals surface area contributed by atoms with E-state index >= 15 is 0 Å². The molecule has 0 atom stereocenters. The first-order chi connectivity index (χ1) is 10.2. The molecule has 1 fully saturated rings. The van der Waals surface area contributed by atoms with E-state index in [9.17, 15) is 4.79 Å². The van der Waals surface area contributed by atoms with Crippen molar-refractivity contribution in [2.24, 2.45) is 0 Å². The van der Waals surface area contributed by atoms with E-state index in [1.165, 1.54) is 0 Å². The highest BCUT2D eigenvalue weighted by Gasteiger charge is 2.41. The second kappa shape index (κ2) is 5.94. The zero-order valence-electron chi connectivity index (χ0n) is 12.5. The van der Waals surface area contributed by atoms with E-state index in [4.69, 9.17) is 4.74 Å².